The van der Waals surface area contributed by atoms with Crippen LogP contribution in [0.1, 0.15) is 33.1 Å². The molecule has 1 saturated heterocycles. The molecule has 0 spiro atoms. The largest absolute Gasteiger partial charge is 0.469 e. The van der Waals surface area contributed by atoms with Crippen molar-refractivity contribution in [2.24, 2.45) is 11.8 Å². The van der Waals surface area contributed by atoms with E-state index in [4.69, 9.17) is 0 Å². The van der Waals surface area contributed by atoms with Crippen LogP contribution in [0.5, 0.6) is 0 Å². The van der Waals surface area contributed by atoms with Gasteiger partial charge in [0.2, 0.25) is 15.9 Å². The van der Waals surface area contributed by atoms with Gasteiger partial charge in [0.1, 0.15) is 5.82 Å². The molecule has 9 heteroatoms. The van der Waals surface area contributed by atoms with E-state index in [1.165, 1.54) is 23.5 Å². The number of nitrogens with zero attached hydrogens (tertiary/aromatic N) is 2. The molecule has 1 aromatic carbocycles. The Balaban J connectivity index is 2.00. The van der Waals surface area contributed by atoms with Crippen molar-refractivity contribution in [2.75, 3.05) is 33.3 Å². The summed E-state index contributed by atoms with van der Waals surface area (Å²) in [4.78, 5) is 26.1. The van der Waals surface area contributed by atoms with Crippen molar-refractivity contribution in [1.82, 2.24) is 9.21 Å². The highest BCUT2D eigenvalue weighted by Crippen LogP contribution is 2.25. The molecule has 2 rings (SSSR count). The highest BCUT2D eigenvalue weighted by molar-refractivity contribution is 7.89. The van der Waals surface area contributed by atoms with Gasteiger partial charge in [-0.15, -0.1) is 0 Å². The van der Waals surface area contributed by atoms with E-state index in [1.54, 1.807) is 4.90 Å². The lowest BCUT2D eigenvalue weighted by atomic mass is 9.96. The summed E-state index contributed by atoms with van der Waals surface area (Å²) in [5.41, 5.74) is 0. The first-order valence-corrected chi connectivity index (χ1v) is 11.2. The highest BCUT2D eigenvalue weighted by atomic mass is 32.2. The molecule has 1 aliphatic heterocycles. The lowest BCUT2D eigenvalue weighted by Gasteiger charge is -2.34. The lowest BCUT2D eigenvalue weighted by molar-refractivity contribution is -0.143. The lowest BCUT2D eigenvalue weighted by Crippen LogP contribution is -2.45. The van der Waals surface area contributed by atoms with E-state index in [0.29, 0.717) is 19.4 Å². The van der Waals surface area contributed by atoms with Crippen LogP contribution in [-0.2, 0) is 24.3 Å². The summed E-state index contributed by atoms with van der Waals surface area (Å²) in [5, 5.41) is 0. The predicted octanol–water partition coefficient (Wildman–Crippen LogP) is 2.27. The van der Waals surface area contributed by atoms with Gasteiger partial charge < -0.3 is 9.64 Å². The van der Waals surface area contributed by atoms with E-state index >= 15 is 0 Å². The van der Waals surface area contributed by atoms with Crippen LogP contribution in [0.3, 0.4) is 0 Å². The summed E-state index contributed by atoms with van der Waals surface area (Å²) in [7, 11) is -2.40. The number of carbonyl (C=O) groups is 2. The van der Waals surface area contributed by atoms with Crippen LogP contribution in [-0.4, -0.2) is 62.8 Å². The average molecular weight is 429 g/mol. The molecule has 162 valence electrons. The van der Waals surface area contributed by atoms with Crippen LogP contribution in [0.25, 0.3) is 0 Å². The Kier molecular flexibility index (Phi) is 8.15. The second-order valence-electron chi connectivity index (χ2n) is 7.64. The quantitative estimate of drug-likeness (QED) is 0.593. The number of methoxy groups -OCH3 is 1. The van der Waals surface area contributed by atoms with Gasteiger partial charge in [0, 0.05) is 32.1 Å². The first kappa shape index (κ1) is 23.3. The van der Waals surface area contributed by atoms with E-state index < -0.39 is 15.8 Å². The molecule has 1 fully saturated rings. The second-order valence-corrected chi connectivity index (χ2v) is 9.57. The minimum absolute atomic E-state index is 0.0446. The van der Waals surface area contributed by atoms with Crippen LogP contribution in [0.2, 0.25) is 0 Å². The fraction of sp³-hybridized carbons (Fsp3) is 0.600. The number of sulfonamides is 1. The summed E-state index contributed by atoms with van der Waals surface area (Å²) < 4.78 is 44.5. The normalized spacial score (nSPS) is 16.0. The Labute approximate surface area is 171 Å². The Morgan fingerprint density at radius 2 is 1.79 bits per heavy atom. The molecule has 29 heavy (non-hydrogen) atoms. The van der Waals surface area contributed by atoms with Gasteiger partial charge in [-0.2, -0.15) is 4.31 Å². The van der Waals surface area contributed by atoms with E-state index in [0.717, 1.165) is 12.1 Å². The van der Waals surface area contributed by atoms with Gasteiger partial charge >= 0.3 is 5.97 Å². The SMILES string of the molecule is COC(=O)CCN(CC(C)C)C(=O)C1CCN(S(=O)(=O)c2ccc(F)cc2)CC1. The van der Waals surface area contributed by atoms with Crippen molar-refractivity contribution >= 4 is 21.9 Å². The Morgan fingerprint density at radius 3 is 2.31 bits per heavy atom. The molecule has 1 amide bonds. The van der Waals surface area contributed by atoms with Gasteiger partial charge in [0.05, 0.1) is 18.4 Å². The zero-order valence-electron chi connectivity index (χ0n) is 17.1. The molecule has 0 bridgehead atoms. The topological polar surface area (TPSA) is 84.0 Å². The van der Waals surface area contributed by atoms with Crippen molar-refractivity contribution in [3.8, 4) is 0 Å². The predicted molar refractivity (Wildman–Crippen MR) is 106 cm³/mol. The molecule has 0 atom stereocenters. The number of esters is 1. The maximum atomic E-state index is 13.1. The highest BCUT2D eigenvalue weighted by Gasteiger charge is 2.34. The molecule has 1 aliphatic rings. The van der Waals surface area contributed by atoms with Gasteiger partial charge in [-0.3, -0.25) is 9.59 Å². The third kappa shape index (κ3) is 6.24. The smallest absolute Gasteiger partial charge is 0.307 e. The Bertz CT molecular complexity index is 803. The summed E-state index contributed by atoms with van der Waals surface area (Å²) in [6.07, 6.45) is 0.949. The molecule has 0 aliphatic carbocycles. The zero-order chi connectivity index (χ0) is 21.6. The Morgan fingerprint density at radius 1 is 1.21 bits per heavy atom. The van der Waals surface area contributed by atoms with E-state index in [1.807, 2.05) is 13.8 Å². The Hall–Kier alpha value is -2.00. The maximum absolute atomic E-state index is 13.1. The fourth-order valence-corrected chi connectivity index (χ4v) is 4.89. The summed E-state index contributed by atoms with van der Waals surface area (Å²) in [6.45, 7) is 5.26. The van der Waals surface area contributed by atoms with E-state index in [-0.39, 0.29) is 54.7 Å². The van der Waals surface area contributed by atoms with Crippen molar-refractivity contribution < 1.29 is 27.1 Å². The molecular weight excluding hydrogens is 399 g/mol. The third-order valence-corrected chi connectivity index (χ3v) is 6.88. The number of carbonyl (C=O) groups excluding carboxylic acids is 2. The van der Waals surface area contributed by atoms with Gasteiger partial charge in [-0.05, 0) is 43.0 Å². The zero-order valence-corrected chi connectivity index (χ0v) is 18.0. The maximum Gasteiger partial charge on any atom is 0.307 e. The molecule has 0 aromatic heterocycles. The van der Waals surface area contributed by atoms with Crippen molar-refractivity contribution in [3.05, 3.63) is 30.1 Å². The van der Waals surface area contributed by atoms with Crippen LogP contribution < -0.4 is 0 Å². The molecule has 1 aromatic rings. The summed E-state index contributed by atoms with van der Waals surface area (Å²) in [6, 6.07) is 4.74. The molecule has 1 heterocycles. The molecule has 0 radical (unpaired) electrons. The van der Waals surface area contributed by atoms with Crippen LogP contribution in [0.15, 0.2) is 29.2 Å². The molecule has 0 N–H and O–H groups in total. The number of piperidine rings is 1. The van der Waals surface area contributed by atoms with Gasteiger partial charge in [0.25, 0.3) is 0 Å². The van der Waals surface area contributed by atoms with Crippen molar-refractivity contribution in [3.63, 3.8) is 0 Å². The van der Waals surface area contributed by atoms with Crippen LogP contribution in [0, 0.1) is 17.7 Å². The number of halogens is 1. The minimum Gasteiger partial charge on any atom is -0.469 e. The van der Waals surface area contributed by atoms with Crippen LogP contribution in [0.4, 0.5) is 4.39 Å². The first-order valence-electron chi connectivity index (χ1n) is 9.76. The van der Waals surface area contributed by atoms with E-state index in [2.05, 4.69) is 4.74 Å². The number of benzene rings is 1. The molecule has 0 unspecified atom stereocenters. The summed E-state index contributed by atoms with van der Waals surface area (Å²) >= 11 is 0. The number of hydrogen-bond donors (Lipinski definition) is 0. The molecule has 7 nitrogen and oxygen atoms in total. The van der Waals surface area contributed by atoms with Crippen molar-refractivity contribution in [1.29, 1.82) is 0 Å². The third-order valence-electron chi connectivity index (χ3n) is 4.97. The van der Waals surface area contributed by atoms with Gasteiger partial charge in [-0.25, -0.2) is 12.8 Å². The summed E-state index contributed by atoms with van der Waals surface area (Å²) in [5.74, 6) is -0.958. The molecule has 0 saturated carbocycles. The number of rotatable bonds is 8. The van der Waals surface area contributed by atoms with Crippen LogP contribution >= 0.6 is 0 Å². The standard InChI is InChI=1S/C20H29FN2O5S/c1-15(2)14-22(11-10-19(24)28-3)20(25)16-8-12-23(13-9-16)29(26,27)18-6-4-17(21)5-7-18/h4-7,15-16H,8-14H2,1-3H3. The second kappa shape index (κ2) is 10.2. The van der Waals surface area contributed by atoms with Gasteiger partial charge in [-0.1, -0.05) is 13.8 Å². The first-order chi connectivity index (χ1) is 13.6. The fourth-order valence-electron chi connectivity index (χ4n) is 3.42. The van der Waals surface area contributed by atoms with Crippen molar-refractivity contribution in [2.45, 2.75) is 38.0 Å². The average Bonchev–Trinajstić information content (AvgIpc) is 2.70. The van der Waals surface area contributed by atoms with E-state index in [9.17, 15) is 22.4 Å². The number of amides is 1. The number of ether oxygens (including phenoxy) is 1. The number of hydrogen-bond acceptors (Lipinski definition) is 5. The minimum atomic E-state index is -3.71. The van der Waals surface area contributed by atoms with Gasteiger partial charge in [0.15, 0.2) is 0 Å². The molecular formula is C20H29FN2O5S. The monoisotopic (exact) mass is 428 g/mol.